The second-order valence-corrected chi connectivity index (χ2v) is 10.7. The van der Waals surface area contributed by atoms with Crippen LogP contribution < -0.4 is 0 Å². The highest BCUT2D eigenvalue weighted by atomic mass is 32.2. The fraction of sp³-hybridized carbons (Fsp3) is 0.636. The van der Waals surface area contributed by atoms with Gasteiger partial charge in [-0.15, -0.1) is 0 Å². The van der Waals surface area contributed by atoms with Crippen molar-refractivity contribution in [1.82, 2.24) is 0 Å². The Bertz CT molecular complexity index is 389. The summed E-state index contributed by atoms with van der Waals surface area (Å²) in [6.07, 6.45) is 1.53. The van der Waals surface area contributed by atoms with Gasteiger partial charge < -0.3 is 14.0 Å². The van der Waals surface area contributed by atoms with Crippen LogP contribution in [-0.4, -0.2) is 49.9 Å². The number of nitrogens with zero attached hydrogens (tertiary/aromatic N) is 1. The SMILES string of the molecule is C=C(O[Si](C)(C)C)C(=NOC)C(=O)OCCS(C)=O. The van der Waals surface area contributed by atoms with Gasteiger partial charge in [0.25, 0.3) is 0 Å². The lowest BCUT2D eigenvalue weighted by Gasteiger charge is -2.20. The van der Waals surface area contributed by atoms with Crippen molar-refractivity contribution in [3.05, 3.63) is 12.3 Å². The van der Waals surface area contributed by atoms with Crippen LogP contribution in [0.1, 0.15) is 0 Å². The molecule has 0 aliphatic rings. The highest BCUT2D eigenvalue weighted by molar-refractivity contribution is 7.84. The first-order valence-electron chi connectivity index (χ1n) is 5.64. The number of hydrogen-bond donors (Lipinski definition) is 0. The van der Waals surface area contributed by atoms with Crippen LogP contribution in [0.4, 0.5) is 0 Å². The third kappa shape index (κ3) is 8.54. The average Bonchev–Trinajstić information content (AvgIpc) is 2.22. The fourth-order valence-electron chi connectivity index (χ4n) is 1.03. The summed E-state index contributed by atoms with van der Waals surface area (Å²) in [6, 6.07) is 0. The summed E-state index contributed by atoms with van der Waals surface area (Å²) in [7, 11) is -1.60. The summed E-state index contributed by atoms with van der Waals surface area (Å²) in [5.41, 5.74) is -0.105. The summed E-state index contributed by atoms with van der Waals surface area (Å²) in [6.45, 7) is 9.57. The Morgan fingerprint density at radius 1 is 1.37 bits per heavy atom. The molecule has 0 radical (unpaired) electrons. The van der Waals surface area contributed by atoms with Gasteiger partial charge in [0.15, 0.2) is 0 Å². The zero-order valence-electron chi connectivity index (χ0n) is 12.0. The maximum absolute atomic E-state index is 11.8. The lowest BCUT2D eigenvalue weighted by atomic mass is 10.3. The van der Waals surface area contributed by atoms with Crippen LogP contribution >= 0.6 is 0 Å². The van der Waals surface area contributed by atoms with E-state index in [2.05, 4.69) is 16.6 Å². The van der Waals surface area contributed by atoms with Gasteiger partial charge in [-0.2, -0.15) is 0 Å². The number of oxime groups is 1. The number of carbonyl (C=O) groups excluding carboxylic acids is 1. The Hall–Kier alpha value is -1.15. The molecule has 0 aliphatic carbocycles. The molecule has 0 N–H and O–H groups in total. The standard InChI is InChI=1S/C11H21NO5SSi/c1-9(17-19(4,5)6)10(12-15-2)11(13)16-7-8-18(3)14/h1,7-8H2,2-6H3. The second kappa shape index (κ2) is 8.11. The smallest absolute Gasteiger partial charge is 0.364 e. The number of carbonyl (C=O) groups is 1. The third-order valence-electron chi connectivity index (χ3n) is 1.67. The normalized spacial score (nSPS) is 13.6. The van der Waals surface area contributed by atoms with Crippen molar-refractivity contribution in [3.8, 4) is 0 Å². The summed E-state index contributed by atoms with van der Waals surface area (Å²) < 4.78 is 21.4. The zero-order valence-corrected chi connectivity index (χ0v) is 13.8. The Morgan fingerprint density at radius 3 is 2.37 bits per heavy atom. The maximum atomic E-state index is 11.8. The molecule has 0 fully saturated rings. The van der Waals surface area contributed by atoms with Crippen LogP contribution in [0.15, 0.2) is 17.5 Å². The van der Waals surface area contributed by atoms with Crippen LogP contribution in [-0.2, 0) is 29.6 Å². The van der Waals surface area contributed by atoms with E-state index < -0.39 is 25.1 Å². The van der Waals surface area contributed by atoms with Crippen molar-refractivity contribution in [3.63, 3.8) is 0 Å². The molecule has 0 saturated heterocycles. The molecule has 0 aromatic rings. The molecule has 0 amide bonds. The lowest BCUT2D eigenvalue weighted by molar-refractivity contribution is -0.135. The van der Waals surface area contributed by atoms with Gasteiger partial charge in [-0.25, -0.2) is 4.79 Å². The van der Waals surface area contributed by atoms with E-state index >= 15 is 0 Å². The summed E-state index contributed by atoms with van der Waals surface area (Å²) in [5.74, 6) is -0.299. The average molecular weight is 307 g/mol. The zero-order chi connectivity index (χ0) is 15.1. The minimum Gasteiger partial charge on any atom is -0.543 e. The van der Waals surface area contributed by atoms with E-state index in [0.29, 0.717) is 0 Å². The fourth-order valence-corrected chi connectivity index (χ4v) is 2.19. The molecule has 0 heterocycles. The van der Waals surface area contributed by atoms with E-state index in [-0.39, 0.29) is 23.8 Å². The molecule has 0 saturated carbocycles. The summed E-state index contributed by atoms with van der Waals surface area (Å²) in [4.78, 5) is 16.4. The molecule has 0 aliphatic heterocycles. The molecule has 0 spiro atoms. The number of esters is 1. The summed E-state index contributed by atoms with van der Waals surface area (Å²) in [5, 5.41) is 3.57. The van der Waals surface area contributed by atoms with Gasteiger partial charge in [0.05, 0.1) is 5.75 Å². The van der Waals surface area contributed by atoms with Gasteiger partial charge in [0.1, 0.15) is 19.5 Å². The van der Waals surface area contributed by atoms with Gasteiger partial charge >= 0.3 is 5.97 Å². The molecule has 6 nitrogen and oxygen atoms in total. The first-order chi connectivity index (χ1) is 8.67. The van der Waals surface area contributed by atoms with Crippen molar-refractivity contribution in [2.24, 2.45) is 5.16 Å². The van der Waals surface area contributed by atoms with E-state index in [9.17, 15) is 9.00 Å². The molecule has 19 heavy (non-hydrogen) atoms. The van der Waals surface area contributed by atoms with Crippen molar-refractivity contribution in [2.45, 2.75) is 19.6 Å². The largest absolute Gasteiger partial charge is 0.543 e. The van der Waals surface area contributed by atoms with Crippen molar-refractivity contribution < 1.29 is 23.0 Å². The molecule has 0 aromatic heterocycles. The van der Waals surface area contributed by atoms with Gasteiger partial charge in [0, 0.05) is 17.1 Å². The highest BCUT2D eigenvalue weighted by Gasteiger charge is 2.25. The molecular weight excluding hydrogens is 286 g/mol. The Labute approximate surface area is 117 Å². The molecule has 0 aromatic carbocycles. The van der Waals surface area contributed by atoms with E-state index in [1.165, 1.54) is 13.4 Å². The van der Waals surface area contributed by atoms with Gasteiger partial charge in [-0.05, 0) is 19.6 Å². The Balaban J connectivity index is 4.64. The predicted molar refractivity (Wildman–Crippen MR) is 77.9 cm³/mol. The quantitative estimate of drug-likeness (QED) is 0.222. The molecular formula is C11H21NO5SSi. The van der Waals surface area contributed by atoms with E-state index in [0.717, 1.165) is 0 Å². The number of rotatable bonds is 8. The van der Waals surface area contributed by atoms with Crippen LogP contribution in [0.25, 0.3) is 0 Å². The molecule has 1 atom stereocenters. The first-order valence-corrected chi connectivity index (χ1v) is 10.8. The molecule has 1 unspecified atom stereocenters. The Kier molecular flexibility index (Phi) is 7.61. The third-order valence-corrected chi connectivity index (χ3v) is 3.27. The van der Waals surface area contributed by atoms with Crippen LogP contribution in [0, 0.1) is 0 Å². The van der Waals surface area contributed by atoms with Gasteiger partial charge in [-0.1, -0.05) is 11.7 Å². The van der Waals surface area contributed by atoms with E-state index in [1.54, 1.807) is 0 Å². The lowest BCUT2D eigenvalue weighted by Crippen LogP contribution is -2.30. The monoisotopic (exact) mass is 307 g/mol. The van der Waals surface area contributed by atoms with Gasteiger partial charge in [-0.3, -0.25) is 4.21 Å². The molecule has 0 bridgehead atoms. The van der Waals surface area contributed by atoms with Gasteiger partial charge in [0.2, 0.25) is 14.0 Å². The van der Waals surface area contributed by atoms with E-state index in [4.69, 9.17) is 9.16 Å². The van der Waals surface area contributed by atoms with Crippen molar-refractivity contribution in [1.29, 1.82) is 0 Å². The van der Waals surface area contributed by atoms with Crippen molar-refractivity contribution in [2.75, 3.05) is 25.7 Å². The number of ether oxygens (including phenoxy) is 1. The minimum atomic E-state index is -1.90. The molecule has 8 heteroatoms. The predicted octanol–water partition coefficient (Wildman–Crippen LogP) is 1.28. The minimum absolute atomic E-state index is 0.0465. The first kappa shape index (κ1) is 17.8. The maximum Gasteiger partial charge on any atom is 0.364 e. The van der Waals surface area contributed by atoms with Crippen molar-refractivity contribution >= 4 is 30.8 Å². The Morgan fingerprint density at radius 2 is 1.95 bits per heavy atom. The molecule has 110 valence electrons. The van der Waals surface area contributed by atoms with E-state index in [1.807, 2.05) is 19.6 Å². The van der Waals surface area contributed by atoms with Crippen LogP contribution in [0.5, 0.6) is 0 Å². The second-order valence-electron chi connectivity index (χ2n) is 4.67. The number of hydrogen-bond acceptors (Lipinski definition) is 6. The summed E-state index contributed by atoms with van der Waals surface area (Å²) >= 11 is 0. The topological polar surface area (TPSA) is 74.2 Å². The highest BCUT2D eigenvalue weighted by Crippen LogP contribution is 2.11. The van der Waals surface area contributed by atoms with Crippen LogP contribution in [0.3, 0.4) is 0 Å². The van der Waals surface area contributed by atoms with Crippen LogP contribution in [0.2, 0.25) is 19.6 Å². The molecule has 0 rings (SSSR count).